The minimum atomic E-state index is -0.434. The first-order chi connectivity index (χ1) is 12.6. The summed E-state index contributed by atoms with van der Waals surface area (Å²) in [5.41, 5.74) is 1.66. The Morgan fingerprint density at radius 1 is 1.15 bits per heavy atom. The van der Waals surface area contributed by atoms with Crippen LogP contribution in [0.3, 0.4) is 0 Å². The summed E-state index contributed by atoms with van der Waals surface area (Å²) in [6.45, 7) is 4.43. The number of nitrogens with one attached hydrogen (secondary N) is 2. The van der Waals surface area contributed by atoms with E-state index in [4.69, 9.17) is 9.47 Å². The van der Waals surface area contributed by atoms with Crippen molar-refractivity contribution in [3.05, 3.63) is 59.4 Å². The molecule has 26 heavy (non-hydrogen) atoms. The summed E-state index contributed by atoms with van der Waals surface area (Å²) in [7, 11) is 1.61. The minimum Gasteiger partial charge on any atom is -0.497 e. The van der Waals surface area contributed by atoms with Crippen molar-refractivity contribution in [3.8, 4) is 11.5 Å². The van der Waals surface area contributed by atoms with Gasteiger partial charge in [-0.25, -0.2) is 9.18 Å². The fourth-order valence-electron chi connectivity index (χ4n) is 2.58. The first kappa shape index (κ1) is 19.6. The molecule has 1 atom stereocenters. The minimum absolute atomic E-state index is 0.113. The number of ether oxygens (including phenoxy) is 2. The number of rotatable bonds is 8. The fourth-order valence-corrected chi connectivity index (χ4v) is 2.58. The van der Waals surface area contributed by atoms with Crippen molar-refractivity contribution in [2.24, 2.45) is 0 Å². The van der Waals surface area contributed by atoms with E-state index in [2.05, 4.69) is 10.6 Å². The third kappa shape index (κ3) is 5.37. The van der Waals surface area contributed by atoms with Crippen molar-refractivity contribution < 1.29 is 18.7 Å². The van der Waals surface area contributed by atoms with Crippen molar-refractivity contribution in [1.29, 1.82) is 0 Å². The van der Waals surface area contributed by atoms with E-state index >= 15 is 0 Å². The Morgan fingerprint density at radius 2 is 1.88 bits per heavy atom. The maximum absolute atomic E-state index is 13.8. The molecule has 0 aromatic heterocycles. The first-order valence-corrected chi connectivity index (χ1v) is 8.66. The number of carbonyl (C=O) groups excluding carboxylic acids is 1. The highest BCUT2D eigenvalue weighted by molar-refractivity contribution is 5.74. The molecule has 0 heterocycles. The molecule has 2 amide bonds. The predicted octanol–water partition coefficient (Wildman–Crippen LogP) is 4.18. The third-order valence-corrected chi connectivity index (χ3v) is 3.98. The second-order valence-corrected chi connectivity index (χ2v) is 5.76. The number of amides is 2. The van der Waals surface area contributed by atoms with E-state index in [1.54, 1.807) is 26.2 Å². The maximum Gasteiger partial charge on any atom is 0.315 e. The van der Waals surface area contributed by atoms with E-state index in [9.17, 15) is 9.18 Å². The molecule has 0 aliphatic heterocycles. The molecule has 2 N–H and O–H groups in total. The van der Waals surface area contributed by atoms with Crippen LogP contribution in [0.4, 0.5) is 9.18 Å². The van der Waals surface area contributed by atoms with E-state index in [1.165, 1.54) is 6.07 Å². The SMILES string of the molecule is CCOc1ccc(CNC(=O)NC(CC)c2ccc(OC)cc2)cc1F. The lowest BCUT2D eigenvalue weighted by molar-refractivity contribution is 0.236. The highest BCUT2D eigenvalue weighted by Gasteiger charge is 2.13. The lowest BCUT2D eigenvalue weighted by atomic mass is 10.0. The maximum atomic E-state index is 13.8. The van der Waals surface area contributed by atoms with Crippen LogP contribution in [0.1, 0.15) is 37.4 Å². The van der Waals surface area contributed by atoms with Gasteiger partial charge in [0.25, 0.3) is 0 Å². The molecule has 140 valence electrons. The smallest absolute Gasteiger partial charge is 0.315 e. The Hall–Kier alpha value is -2.76. The van der Waals surface area contributed by atoms with Crippen LogP contribution in [0, 0.1) is 5.82 Å². The number of hydrogen-bond acceptors (Lipinski definition) is 3. The van der Waals surface area contributed by atoms with Gasteiger partial charge in [0.05, 0.1) is 19.8 Å². The number of hydrogen-bond donors (Lipinski definition) is 2. The standard InChI is InChI=1S/C20H25FN2O3/c1-4-18(15-7-9-16(25-3)10-8-15)23-20(24)22-13-14-6-11-19(26-5-2)17(21)12-14/h6-12,18H,4-5,13H2,1-3H3,(H2,22,23,24). The molecule has 0 bridgehead atoms. The summed E-state index contributed by atoms with van der Waals surface area (Å²) in [4.78, 5) is 12.2. The van der Waals surface area contributed by atoms with Gasteiger partial charge in [0.1, 0.15) is 5.75 Å². The Bertz CT molecular complexity index is 719. The highest BCUT2D eigenvalue weighted by atomic mass is 19.1. The summed E-state index contributed by atoms with van der Waals surface area (Å²) in [5.74, 6) is 0.549. The van der Waals surface area contributed by atoms with Gasteiger partial charge >= 0.3 is 6.03 Å². The lowest BCUT2D eigenvalue weighted by Gasteiger charge is -2.18. The lowest BCUT2D eigenvalue weighted by Crippen LogP contribution is -2.37. The van der Waals surface area contributed by atoms with Crippen LogP contribution in [0.5, 0.6) is 11.5 Å². The summed E-state index contributed by atoms with van der Waals surface area (Å²) >= 11 is 0. The van der Waals surface area contributed by atoms with E-state index in [0.717, 1.165) is 17.7 Å². The van der Waals surface area contributed by atoms with Gasteiger partial charge in [-0.3, -0.25) is 0 Å². The average molecular weight is 360 g/mol. The second kappa shape index (κ2) is 9.65. The van der Waals surface area contributed by atoms with Crippen LogP contribution in [-0.2, 0) is 6.54 Å². The predicted molar refractivity (Wildman–Crippen MR) is 99.0 cm³/mol. The van der Waals surface area contributed by atoms with E-state index in [-0.39, 0.29) is 24.4 Å². The molecule has 0 aliphatic carbocycles. The number of urea groups is 1. The largest absolute Gasteiger partial charge is 0.497 e. The molecule has 0 spiro atoms. The Kier molecular flexibility index (Phi) is 7.26. The molecule has 2 rings (SSSR count). The van der Waals surface area contributed by atoms with Crippen LogP contribution in [-0.4, -0.2) is 19.7 Å². The quantitative estimate of drug-likeness (QED) is 0.742. The Balaban J connectivity index is 1.91. The third-order valence-electron chi connectivity index (χ3n) is 3.98. The molecule has 2 aromatic rings. The summed E-state index contributed by atoms with van der Waals surface area (Å²) in [5, 5.41) is 5.68. The second-order valence-electron chi connectivity index (χ2n) is 5.76. The molecule has 1 unspecified atom stereocenters. The van der Waals surface area contributed by atoms with Crippen LogP contribution < -0.4 is 20.1 Å². The highest BCUT2D eigenvalue weighted by Crippen LogP contribution is 2.20. The molecule has 0 saturated carbocycles. The molecule has 6 heteroatoms. The molecule has 0 saturated heterocycles. The Morgan fingerprint density at radius 3 is 2.46 bits per heavy atom. The summed E-state index contributed by atoms with van der Waals surface area (Å²) < 4.78 is 24.2. The zero-order valence-electron chi connectivity index (χ0n) is 15.3. The van der Waals surface area contributed by atoms with Crippen molar-refractivity contribution in [1.82, 2.24) is 10.6 Å². The summed E-state index contributed by atoms with van der Waals surface area (Å²) in [6.07, 6.45) is 0.747. The fraction of sp³-hybridized carbons (Fsp3) is 0.350. The normalized spacial score (nSPS) is 11.5. The number of methoxy groups -OCH3 is 1. The topological polar surface area (TPSA) is 59.6 Å². The van der Waals surface area contributed by atoms with Gasteiger partial charge in [-0.15, -0.1) is 0 Å². The number of halogens is 1. The van der Waals surface area contributed by atoms with Gasteiger partial charge in [-0.05, 0) is 48.7 Å². The van der Waals surface area contributed by atoms with Crippen LogP contribution in [0.2, 0.25) is 0 Å². The Labute approximate surface area is 153 Å². The monoisotopic (exact) mass is 360 g/mol. The molecular weight excluding hydrogens is 335 g/mol. The number of carbonyl (C=O) groups is 1. The van der Waals surface area contributed by atoms with Gasteiger partial charge in [0, 0.05) is 6.54 Å². The van der Waals surface area contributed by atoms with Gasteiger partial charge in [0.15, 0.2) is 11.6 Å². The van der Waals surface area contributed by atoms with E-state index in [0.29, 0.717) is 12.2 Å². The van der Waals surface area contributed by atoms with Gasteiger partial charge in [-0.2, -0.15) is 0 Å². The molecule has 2 aromatic carbocycles. The van der Waals surface area contributed by atoms with Crippen molar-refractivity contribution in [3.63, 3.8) is 0 Å². The molecule has 0 fully saturated rings. The average Bonchev–Trinajstić information content (AvgIpc) is 2.66. The molecule has 5 nitrogen and oxygen atoms in total. The van der Waals surface area contributed by atoms with E-state index in [1.807, 2.05) is 31.2 Å². The zero-order chi connectivity index (χ0) is 18.9. The van der Waals surface area contributed by atoms with Crippen LogP contribution in [0.15, 0.2) is 42.5 Å². The molecule has 0 aliphatic rings. The van der Waals surface area contributed by atoms with Crippen molar-refractivity contribution >= 4 is 6.03 Å². The van der Waals surface area contributed by atoms with Gasteiger partial charge in [-0.1, -0.05) is 25.1 Å². The van der Waals surface area contributed by atoms with E-state index < -0.39 is 5.82 Å². The molecule has 0 radical (unpaired) electrons. The molecular formula is C20H25FN2O3. The van der Waals surface area contributed by atoms with Crippen LogP contribution in [0.25, 0.3) is 0 Å². The first-order valence-electron chi connectivity index (χ1n) is 8.66. The van der Waals surface area contributed by atoms with Crippen LogP contribution >= 0.6 is 0 Å². The number of benzene rings is 2. The van der Waals surface area contributed by atoms with Gasteiger partial charge < -0.3 is 20.1 Å². The van der Waals surface area contributed by atoms with Crippen molar-refractivity contribution in [2.75, 3.05) is 13.7 Å². The van der Waals surface area contributed by atoms with Gasteiger partial charge in [0.2, 0.25) is 0 Å². The zero-order valence-corrected chi connectivity index (χ0v) is 15.3. The summed E-state index contributed by atoms with van der Waals surface area (Å²) in [6, 6.07) is 11.8. The van der Waals surface area contributed by atoms with Crippen molar-refractivity contribution in [2.45, 2.75) is 32.9 Å².